The zero-order valence-corrected chi connectivity index (χ0v) is 66.1. The predicted octanol–water partition coefficient (Wildman–Crippen LogP) is -9.23. The summed E-state index contributed by atoms with van der Waals surface area (Å²) >= 11 is 3.96. The molecule has 4 aliphatic rings. The van der Waals surface area contributed by atoms with Crippen LogP contribution in [0.3, 0.4) is 0 Å². The first kappa shape index (κ1) is 96.6. The summed E-state index contributed by atoms with van der Waals surface area (Å²) in [5.41, 5.74) is 11.0. The molecule has 0 bridgehead atoms. The van der Waals surface area contributed by atoms with E-state index in [0.717, 1.165) is 9.80 Å². The molecule has 0 saturated carbocycles. The van der Waals surface area contributed by atoms with E-state index in [1.807, 2.05) is 0 Å². The van der Waals surface area contributed by atoms with Crippen molar-refractivity contribution in [2.45, 2.75) is 235 Å². The fraction of sp³-hybridized carbons (Fsp3) is 0.710. The summed E-state index contributed by atoms with van der Waals surface area (Å²) in [5, 5.41) is 102. The van der Waals surface area contributed by atoms with Crippen LogP contribution in [0.5, 0.6) is 0 Å². The van der Waals surface area contributed by atoms with Gasteiger partial charge in [0.25, 0.3) is 0 Å². The summed E-state index contributed by atoms with van der Waals surface area (Å²) in [6.45, 7) is 6.76. The number of hydrogen-bond donors (Lipinski definition) is 25. The van der Waals surface area contributed by atoms with Crippen LogP contribution in [0.1, 0.15) is 144 Å². The number of rotatable bonds is 47. The number of amides is 15. The van der Waals surface area contributed by atoms with Crippen LogP contribution in [-0.2, 0) is 86.3 Å². The van der Waals surface area contributed by atoms with Crippen molar-refractivity contribution in [3.8, 4) is 0 Å². The standard InChI is InChI=1S/C69H114N22O23S/c1-33(2)27-41(80-49(94)29-77-60(106)46-16-10-25-90(46)65(111)42(28-51(97)98)84-61(107)48-18-12-26-91(48)66(112)44(31-93)86-59(105)43(30-92)85-54(100)37-13-7-21-74-37)58(104)83-40(19-20-50(95)96)56(102)81-38(14-8-22-75-68(70)71)55(101)82-39(15-9-23-76-69(72)73)57(103)88-52(34(3)4)63(109)78-35(5)53(99)79-36(6)64(110)89-24-11-17-47(89)62(108)87-45(32-115)67(113)114/h33-48,52,74,92-93,115H,7-32H2,1-6H3,(H,77,106)(H,78,109)(H,79,99)(H,80,94)(H,81,102)(H,82,101)(H,83,104)(H,84,107)(H,85,100)(H,86,105)(H,87,108)(H,88,103)(H,95,96)(H,97,98)(H,113,114)(H4,70,71,75)(H4,72,73,76)/t35-,36-,37-,38-,39-,40-,41-,42-,43-,44-,45-,46-,47-,48-,52-/m0/s1. The van der Waals surface area contributed by atoms with Crippen molar-refractivity contribution < 1.29 is 112 Å². The number of carboxylic acids is 3. The van der Waals surface area contributed by atoms with Gasteiger partial charge >= 0.3 is 17.9 Å². The van der Waals surface area contributed by atoms with E-state index in [9.17, 15) is 112 Å². The number of thiol groups is 1. The highest BCUT2D eigenvalue weighted by Crippen LogP contribution is 2.24. The minimum atomic E-state index is -1.83. The molecule has 0 aromatic rings. The zero-order chi connectivity index (χ0) is 86.1. The van der Waals surface area contributed by atoms with Crippen LogP contribution in [0, 0.1) is 22.7 Å². The lowest BCUT2D eigenvalue weighted by Crippen LogP contribution is -2.61. The van der Waals surface area contributed by atoms with Gasteiger partial charge in [-0.15, -0.1) is 0 Å². The van der Waals surface area contributed by atoms with Gasteiger partial charge in [-0.2, -0.15) is 12.6 Å². The van der Waals surface area contributed by atoms with Gasteiger partial charge in [0, 0.05) is 44.9 Å². The Morgan fingerprint density at radius 2 is 0.896 bits per heavy atom. The molecule has 4 heterocycles. The molecule has 0 radical (unpaired) electrons. The number of nitrogens with two attached hydrogens (primary N) is 2. The van der Waals surface area contributed by atoms with E-state index in [1.165, 1.54) is 18.7 Å². The van der Waals surface area contributed by atoms with Crippen molar-refractivity contribution in [3.63, 3.8) is 0 Å². The number of likely N-dealkylation sites (tertiary alicyclic amines) is 3. The summed E-state index contributed by atoms with van der Waals surface area (Å²) in [7, 11) is 0. The van der Waals surface area contributed by atoms with Crippen LogP contribution in [0.4, 0.5) is 0 Å². The van der Waals surface area contributed by atoms with Crippen LogP contribution in [0.15, 0.2) is 0 Å². The number of nitrogens with zero attached hydrogens (tertiary/aromatic N) is 3. The van der Waals surface area contributed by atoms with E-state index in [-0.39, 0.29) is 109 Å². The number of guanidine groups is 2. The molecular weight excluding hydrogens is 1540 g/mol. The maximum Gasteiger partial charge on any atom is 0.327 e. The molecule has 0 unspecified atom stereocenters. The summed E-state index contributed by atoms with van der Waals surface area (Å²) in [6, 6.07) is -21.2. The highest BCUT2D eigenvalue weighted by Gasteiger charge is 2.45. The minimum Gasteiger partial charge on any atom is -0.481 e. The van der Waals surface area contributed by atoms with Gasteiger partial charge in [-0.05, 0) is 122 Å². The van der Waals surface area contributed by atoms with E-state index in [4.69, 9.17) is 22.3 Å². The van der Waals surface area contributed by atoms with Gasteiger partial charge in [0.15, 0.2) is 11.9 Å². The lowest BCUT2D eigenvalue weighted by molar-refractivity contribution is -0.147. The van der Waals surface area contributed by atoms with E-state index in [1.54, 1.807) is 27.7 Å². The first-order valence-electron chi connectivity index (χ1n) is 38.1. The molecule has 15 amide bonds. The van der Waals surface area contributed by atoms with Crippen LogP contribution >= 0.6 is 12.6 Å². The Bertz CT molecular complexity index is 3520. The van der Waals surface area contributed by atoms with Crippen LogP contribution in [0.2, 0.25) is 0 Å². The van der Waals surface area contributed by atoms with Crippen molar-refractivity contribution in [1.82, 2.24) is 94.5 Å². The molecule has 45 nitrogen and oxygen atoms in total. The van der Waals surface area contributed by atoms with E-state index >= 15 is 0 Å². The van der Waals surface area contributed by atoms with Crippen molar-refractivity contribution in [1.29, 1.82) is 10.8 Å². The Morgan fingerprint density at radius 3 is 1.35 bits per heavy atom. The molecule has 0 aromatic heterocycles. The van der Waals surface area contributed by atoms with Gasteiger partial charge in [0.2, 0.25) is 88.6 Å². The van der Waals surface area contributed by atoms with Crippen molar-refractivity contribution in [2.75, 3.05) is 64.8 Å². The smallest absolute Gasteiger partial charge is 0.327 e. The average molecular weight is 1650 g/mol. The largest absolute Gasteiger partial charge is 0.481 e. The molecule has 15 atom stereocenters. The van der Waals surface area contributed by atoms with Gasteiger partial charge in [-0.25, -0.2) is 4.79 Å². The Morgan fingerprint density at radius 1 is 0.452 bits per heavy atom. The number of aliphatic hydroxyl groups is 2. The Kier molecular flexibility index (Phi) is 40.2. The molecule has 46 heteroatoms. The third kappa shape index (κ3) is 31.2. The van der Waals surface area contributed by atoms with E-state index < -0.39 is 254 Å². The van der Waals surface area contributed by atoms with E-state index in [0.29, 0.717) is 25.8 Å². The molecule has 26 N–H and O–H groups in total. The number of hydrogen-bond acceptors (Lipinski definition) is 24. The number of aliphatic hydroxyl groups excluding tert-OH is 2. The maximum atomic E-state index is 14.6. The molecule has 0 aromatic carbocycles. The molecule has 644 valence electrons. The Hall–Kier alpha value is -10.8. The number of carboxylic acid groups (broad SMARTS) is 3. The average Bonchev–Trinajstić information content (AvgIpc) is 1.70. The molecule has 4 saturated heterocycles. The monoisotopic (exact) mass is 1650 g/mol. The molecule has 0 spiro atoms. The van der Waals surface area contributed by atoms with Gasteiger partial charge in [0.05, 0.1) is 32.2 Å². The summed E-state index contributed by atoms with van der Waals surface area (Å²) in [4.78, 5) is 246. The van der Waals surface area contributed by atoms with Crippen LogP contribution in [-0.4, -0.2) is 314 Å². The normalized spacial score (nSPS) is 19.3. The third-order valence-electron chi connectivity index (χ3n) is 19.3. The third-order valence-corrected chi connectivity index (χ3v) is 19.7. The van der Waals surface area contributed by atoms with Crippen LogP contribution < -0.4 is 91.2 Å². The van der Waals surface area contributed by atoms with Gasteiger partial charge < -0.3 is 131 Å². The number of aliphatic carboxylic acids is 3. The first-order chi connectivity index (χ1) is 54.2. The van der Waals surface area contributed by atoms with Crippen molar-refractivity contribution in [2.24, 2.45) is 23.3 Å². The topological polar surface area (TPSA) is 698 Å². The Labute approximate surface area is 668 Å². The summed E-state index contributed by atoms with van der Waals surface area (Å²) < 4.78 is 0. The molecule has 4 aliphatic heterocycles. The predicted molar refractivity (Wildman–Crippen MR) is 408 cm³/mol. The lowest BCUT2D eigenvalue weighted by atomic mass is 10.0. The van der Waals surface area contributed by atoms with Gasteiger partial charge in [-0.1, -0.05) is 27.7 Å². The van der Waals surface area contributed by atoms with Crippen LogP contribution in [0.25, 0.3) is 0 Å². The van der Waals surface area contributed by atoms with Gasteiger partial charge in [0.1, 0.15) is 84.6 Å². The quantitative estimate of drug-likeness (QED) is 0.0116. The fourth-order valence-corrected chi connectivity index (χ4v) is 13.5. The molecule has 115 heavy (non-hydrogen) atoms. The molecule has 4 rings (SSSR count). The first-order valence-corrected chi connectivity index (χ1v) is 38.8. The highest BCUT2D eigenvalue weighted by molar-refractivity contribution is 7.80. The number of carbonyl (C=O) groups excluding carboxylic acids is 15. The number of carbonyl (C=O) groups is 18. The SMILES string of the molecule is CC(C)C[C@H](NC(=O)CNC(=O)[C@@H]1CCCN1C(=O)[C@H](CC(=O)O)NC(=O)[C@@H]1CCCN1C(=O)[C@H](CO)NC(=O)[C@H](CO)NC(=O)[C@@H]1CCCN1)C(=O)N[C@@H](CCC(=O)O)C(=O)N[C@@H](CCCNC(=N)N)C(=O)N[C@@H](CCCNC(=N)N)C(=O)N[C@H](C(=O)N[C@@H](C)C(=O)N[C@@H](C)C(=O)N1CCC[C@H]1C(=O)N[C@@H](CS)C(=O)O)C(C)C. The fourth-order valence-electron chi connectivity index (χ4n) is 13.2. The Balaban J connectivity index is 1.47. The second-order valence-corrected chi connectivity index (χ2v) is 29.6. The second-order valence-electron chi connectivity index (χ2n) is 29.2. The minimum absolute atomic E-state index is 0.00974. The summed E-state index contributed by atoms with van der Waals surface area (Å²) in [5.74, 6) is -20.4. The number of nitrogens with one attached hydrogen (secondary N) is 17. The second kappa shape index (κ2) is 47.8. The van der Waals surface area contributed by atoms with Crippen molar-refractivity contribution in [3.05, 3.63) is 0 Å². The van der Waals surface area contributed by atoms with Crippen molar-refractivity contribution >= 4 is 131 Å². The summed E-state index contributed by atoms with van der Waals surface area (Å²) in [6.07, 6.45) is -0.837. The molecular formula is C69H114N22O23S. The zero-order valence-electron chi connectivity index (χ0n) is 65.2. The van der Waals surface area contributed by atoms with E-state index in [2.05, 4.69) is 92.4 Å². The lowest BCUT2D eigenvalue weighted by Gasteiger charge is -2.31. The maximum absolute atomic E-state index is 14.6. The highest BCUT2D eigenvalue weighted by atomic mass is 32.1. The molecule has 0 aliphatic carbocycles. The van der Waals surface area contributed by atoms with Gasteiger partial charge in [-0.3, -0.25) is 92.3 Å². The molecule has 4 fully saturated rings.